The van der Waals surface area contributed by atoms with Crippen LogP contribution >= 0.6 is 0 Å². The van der Waals surface area contributed by atoms with Crippen molar-refractivity contribution in [1.29, 1.82) is 0 Å². The predicted molar refractivity (Wildman–Crippen MR) is 105 cm³/mol. The van der Waals surface area contributed by atoms with Gasteiger partial charge >= 0.3 is 0 Å². The highest BCUT2D eigenvalue weighted by Gasteiger charge is 2.43. The summed E-state index contributed by atoms with van der Waals surface area (Å²) in [4.78, 5) is 50.1. The van der Waals surface area contributed by atoms with E-state index in [1.807, 2.05) is 0 Å². The van der Waals surface area contributed by atoms with Gasteiger partial charge in [0, 0.05) is 24.1 Å². The maximum absolute atomic E-state index is 13.0. The number of non-ortho nitro benzene ring substituents is 1. The molecule has 29 heavy (non-hydrogen) atoms. The van der Waals surface area contributed by atoms with E-state index in [0.29, 0.717) is 5.56 Å². The molecule has 2 aromatic rings. The molecule has 0 saturated heterocycles. The Hall–Kier alpha value is -3.55. The number of carbonyl (C=O) groups excluding carboxylic acids is 3. The van der Waals surface area contributed by atoms with Crippen molar-refractivity contribution in [3.8, 4) is 0 Å². The molecule has 1 N–H and O–H groups in total. The first-order valence-electron chi connectivity index (χ1n) is 9.11. The van der Waals surface area contributed by atoms with Gasteiger partial charge in [0.15, 0.2) is 0 Å². The number of fused-ring (bicyclic) bond motifs is 1. The molecule has 0 spiro atoms. The van der Waals surface area contributed by atoms with E-state index < -0.39 is 34.2 Å². The molecular formula is C21H21N3O5. The molecule has 0 fully saturated rings. The van der Waals surface area contributed by atoms with Gasteiger partial charge in [-0.25, -0.2) is 0 Å². The number of carbonyl (C=O) groups is 3. The molecule has 0 bridgehead atoms. The van der Waals surface area contributed by atoms with Crippen molar-refractivity contribution in [3.63, 3.8) is 0 Å². The lowest BCUT2D eigenvalue weighted by Crippen LogP contribution is -2.54. The number of nitro groups is 1. The molecule has 3 amide bonds. The van der Waals surface area contributed by atoms with Gasteiger partial charge in [0.25, 0.3) is 17.5 Å². The minimum absolute atomic E-state index is 0.0470. The van der Waals surface area contributed by atoms with Crippen molar-refractivity contribution >= 4 is 23.4 Å². The third-order valence-electron chi connectivity index (χ3n) is 4.51. The van der Waals surface area contributed by atoms with Gasteiger partial charge < -0.3 is 5.32 Å². The van der Waals surface area contributed by atoms with Gasteiger partial charge in [-0.15, -0.1) is 0 Å². The highest BCUT2D eigenvalue weighted by molar-refractivity contribution is 6.22. The number of benzene rings is 2. The topological polar surface area (TPSA) is 110 Å². The second-order valence-corrected chi connectivity index (χ2v) is 7.91. The molecule has 1 aliphatic rings. The van der Waals surface area contributed by atoms with E-state index in [9.17, 15) is 24.5 Å². The van der Waals surface area contributed by atoms with Gasteiger partial charge in [-0.3, -0.25) is 29.4 Å². The second kappa shape index (κ2) is 7.46. The predicted octanol–water partition coefficient (Wildman–Crippen LogP) is 2.72. The van der Waals surface area contributed by atoms with Crippen molar-refractivity contribution in [2.45, 2.75) is 38.8 Å². The molecule has 0 radical (unpaired) electrons. The summed E-state index contributed by atoms with van der Waals surface area (Å²) in [5.41, 5.74) is 0.472. The van der Waals surface area contributed by atoms with Crippen LogP contribution in [0.5, 0.6) is 0 Å². The number of hydrogen-bond donors (Lipinski definition) is 1. The fourth-order valence-corrected chi connectivity index (χ4v) is 3.22. The van der Waals surface area contributed by atoms with Crippen LogP contribution in [0.1, 0.15) is 47.1 Å². The van der Waals surface area contributed by atoms with Crippen LogP contribution in [0.2, 0.25) is 0 Å². The largest absolute Gasteiger partial charge is 0.350 e. The van der Waals surface area contributed by atoms with Crippen molar-refractivity contribution < 1.29 is 19.3 Å². The fourth-order valence-electron chi connectivity index (χ4n) is 3.22. The Morgan fingerprint density at radius 2 is 1.55 bits per heavy atom. The molecule has 0 aromatic heterocycles. The van der Waals surface area contributed by atoms with Gasteiger partial charge in [0.2, 0.25) is 5.91 Å². The molecule has 1 aliphatic heterocycles. The highest BCUT2D eigenvalue weighted by Crippen LogP contribution is 2.26. The average Bonchev–Trinajstić information content (AvgIpc) is 2.90. The molecule has 1 heterocycles. The van der Waals surface area contributed by atoms with E-state index in [4.69, 9.17) is 0 Å². The Bertz CT molecular complexity index is 957. The number of rotatable bonds is 5. The minimum Gasteiger partial charge on any atom is -0.350 e. The molecule has 1 atom stereocenters. The molecule has 0 aliphatic carbocycles. The summed E-state index contributed by atoms with van der Waals surface area (Å²) in [5, 5.41) is 13.7. The second-order valence-electron chi connectivity index (χ2n) is 7.91. The number of nitro benzene ring substituents is 1. The molecular weight excluding hydrogens is 374 g/mol. The lowest BCUT2D eigenvalue weighted by Gasteiger charge is -2.29. The number of imide groups is 1. The van der Waals surface area contributed by atoms with E-state index >= 15 is 0 Å². The smallest absolute Gasteiger partial charge is 0.269 e. The number of nitrogens with one attached hydrogen (secondary N) is 1. The van der Waals surface area contributed by atoms with E-state index in [1.165, 1.54) is 24.3 Å². The zero-order valence-corrected chi connectivity index (χ0v) is 16.3. The van der Waals surface area contributed by atoms with Crippen molar-refractivity contribution in [2.75, 3.05) is 0 Å². The summed E-state index contributed by atoms with van der Waals surface area (Å²) < 4.78 is 0. The minimum atomic E-state index is -1.08. The van der Waals surface area contributed by atoms with Gasteiger partial charge in [-0.1, -0.05) is 24.3 Å². The zero-order chi connectivity index (χ0) is 21.3. The van der Waals surface area contributed by atoms with Crippen LogP contribution in [0.25, 0.3) is 0 Å². The van der Waals surface area contributed by atoms with Crippen molar-refractivity contribution in [3.05, 3.63) is 75.3 Å². The van der Waals surface area contributed by atoms with Crippen LogP contribution in [0.3, 0.4) is 0 Å². The standard InChI is InChI=1S/C21H21N3O5/c1-21(2,3)22-18(25)17(12-13-8-10-14(11-9-13)24(28)29)23-19(26)15-6-4-5-7-16(15)20(23)27/h4-11,17H,12H2,1-3H3,(H,22,25)/t17-/m1/s1. The van der Waals surface area contributed by atoms with Gasteiger partial charge in [-0.2, -0.15) is 0 Å². The monoisotopic (exact) mass is 395 g/mol. The fraction of sp³-hybridized carbons (Fsp3) is 0.286. The Morgan fingerprint density at radius 3 is 2.00 bits per heavy atom. The summed E-state index contributed by atoms with van der Waals surface area (Å²) in [6, 6.07) is 11.1. The summed E-state index contributed by atoms with van der Waals surface area (Å²) in [7, 11) is 0. The van der Waals surface area contributed by atoms with E-state index in [-0.39, 0.29) is 23.2 Å². The van der Waals surface area contributed by atoms with Crippen LogP contribution < -0.4 is 5.32 Å². The lowest BCUT2D eigenvalue weighted by molar-refractivity contribution is -0.384. The number of amides is 3. The molecule has 8 heteroatoms. The van der Waals surface area contributed by atoms with Crippen LogP contribution in [0.4, 0.5) is 5.69 Å². The summed E-state index contributed by atoms with van der Waals surface area (Å²) >= 11 is 0. The first-order valence-corrected chi connectivity index (χ1v) is 9.11. The lowest BCUT2D eigenvalue weighted by atomic mass is 10.0. The Labute approximate surface area is 167 Å². The normalized spacial score (nSPS) is 14.5. The molecule has 150 valence electrons. The third-order valence-corrected chi connectivity index (χ3v) is 4.51. The quantitative estimate of drug-likeness (QED) is 0.476. The first kappa shape index (κ1) is 20.2. The molecule has 8 nitrogen and oxygen atoms in total. The van der Waals surface area contributed by atoms with Crippen LogP contribution in [-0.2, 0) is 11.2 Å². The molecule has 2 aromatic carbocycles. The highest BCUT2D eigenvalue weighted by atomic mass is 16.6. The SMILES string of the molecule is CC(C)(C)NC(=O)[C@@H](Cc1ccc([N+](=O)[O-])cc1)N1C(=O)c2ccccc2C1=O. The summed E-state index contributed by atoms with van der Waals surface area (Å²) in [6.07, 6.45) is 0.0470. The van der Waals surface area contributed by atoms with E-state index in [1.54, 1.807) is 45.0 Å². The van der Waals surface area contributed by atoms with Crippen molar-refractivity contribution in [1.82, 2.24) is 10.2 Å². The molecule has 3 rings (SSSR count). The third kappa shape index (κ3) is 4.16. The van der Waals surface area contributed by atoms with E-state index in [0.717, 1.165) is 4.90 Å². The maximum atomic E-state index is 13.0. The number of nitrogens with zero attached hydrogens (tertiary/aromatic N) is 2. The average molecular weight is 395 g/mol. The maximum Gasteiger partial charge on any atom is 0.269 e. The van der Waals surface area contributed by atoms with Crippen LogP contribution in [-0.4, -0.2) is 39.1 Å². The van der Waals surface area contributed by atoms with Gasteiger partial charge in [-0.05, 0) is 38.5 Å². The zero-order valence-electron chi connectivity index (χ0n) is 16.3. The Kier molecular flexibility index (Phi) is 5.19. The Balaban J connectivity index is 1.96. The first-order chi connectivity index (χ1) is 13.6. The van der Waals surface area contributed by atoms with E-state index in [2.05, 4.69) is 5.32 Å². The van der Waals surface area contributed by atoms with Crippen molar-refractivity contribution in [2.24, 2.45) is 0 Å². The van der Waals surface area contributed by atoms with Crippen LogP contribution in [0, 0.1) is 10.1 Å². The molecule has 0 saturated carbocycles. The number of hydrogen-bond acceptors (Lipinski definition) is 5. The van der Waals surface area contributed by atoms with Gasteiger partial charge in [0.1, 0.15) is 6.04 Å². The molecule has 0 unspecified atom stereocenters. The summed E-state index contributed by atoms with van der Waals surface area (Å²) in [6.45, 7) is 5.41. The van der Waals surface area contributed by atoms with Crippen LogP contribution in [0.15, 0.2) is 48.5 Å². The van der Waals surface area contributed by atoms with Gasteiger partial charge in [0.05, 0.1) is 16.1 Å². The Morgan fingerprint density at radius 1 is 1.03 bits per heavy atom. The summed E-state index contributed by atoms with van der Waals surface area (Å²) in [5.74, 6) is -1.52.